The van der Waals surface area contributed by atoms with Gasteiger partial charge in [0, 0.05) is 74.3 Å². The maximum absolute atomic E-state index is 12.7. The zero-order valence-corrected chi connectivity index (χ0v) is 25.5. The first kappa shape index (κ1) is 34.3. The average molecular weight is 589 g/mol. The zero-order valence-electron chi connectivity index (χ0n) is 24.7. The van der Waals surface area contributed by atoms with E-state index in [1.165, 1.54) is 51.2 Å². The van der Waals surface area contributed by atoms with Gasteiger partial charge in [0.05, 0.1) is 12.7 Å². The SMILES string of the molecule is CN1CCCSCC1.COC(C)=O.Cn1c(CCCCCCC#CC2CC(F)(F)C2)c(C=O)c2cc(C#N)cnc21. The second-order valence-corrected chi connectivity index (χ2v) is 11.6. The van der Waals surface area contributed by atoms with Gasteiger partial charge in [-0.1, -0.05) is 18.8 Å². The van der Waals surface area contributed by atoms with Gasteiger partial charge in [-0.3, -0.25) is 9.59 Å². The Morgan fingerprint density at radius 1 is 1.22 bits per heavy atom. The number of aldehydes is 1. The Balaban J connectivity index is 0.000000373. The molecule has 0 unspecified atom stereocenters. The summed E-state index contributed by atoms with van der Waals surface area (Å²) in [6.45, 7) is 3.94. The smallest absolute Gasteiger partial charge is 0.302 e. The second kappa shape index (κ2) is 17.8. The number of halogens is 2. The summed E-state index contributed by atoms with van der Waals surface area (Å²) >= 11 is 2.08. The monoisotopic (exact) mass is 588 g/mol. The average Bonchev–Trinajstić information content (AvgIpc) is 3.05. The molecular formula is C31H42F2N4O3S. The van der Waals surface area contributed by atoms with Gasteiger partial charge < -0.3 is 14.2 Å². The summed E-state index contributed by atoms with van der Waals surface area (Å²) < 4.78 is 31.5. The van der Waals surface area contributed by atoms with Gasteiger partial charge in [0.1, 0.15) is 11.7 Å². The number of alkyl halides is 2. The van der Waals surface area contributed by atoms with E-state index in [0.717, 1.165) is 55.9 Å². The lowest BCUT2D eigenvalue weighted by Gasteiger charge is -2.31. The molecule has 1 saturated carbocycles. The van der Waals surface area contributed by atoms with Crippen LogP contribution in [0.5, 0.6) is 0 Å². The largest absolute Gasteiger partial charge is 0.469 e. The third kappa shape index (κ3) is 11.8. The normalized spacial score (nSPS) is 16.3. The van der Waals surface area contributed by atoms with Gasteiger partial charge in [0.15, 0.2) is 6.29 Å². The lowest BCUT2D eigenvalue weighted by atomic mass is 9.82. The minimum atomic E-state index is -2.49. The van der Waals surface area contributed by atoms with Crippen molar-refractivity contribution in [3.8, 4) is 17.9 Å². The highest BCUT2D eigenvalue weighted by Crippen LogP contribution is 2.41. The van der Waals surface area contributed by atoms with E-state index in [4.69, 9.17) is 5.26 Å². The molecule has 0 atom stereocenters. The van der Waals surface area contributed by atoms with Crippen LogP contribution in [0, 0.1) is 29.1 Å². The highest BCUT2D eigenvalue weighted by Gasteiger charge is 2.44. The van der Waals surface area contributed by atoms with Gasteiger partial charge in [-0.25, -0.2) is 13.8 Å². The van der Waals surface area contributed by atoms with Crippen LogP contribution in [0.15, 0.2) is 12.3 Å². The number of methoxy groups -OCH3 is 1. The number of carbonyl (C=O) groups excluding carboxylic acids is 2. The highest BCUT2D eigenvalue weighted by molar-refractivity contribution is 7.99. The third-order valence-corrected chi connectivity index (χ3v) is 8.08. The fraction of sp³-hybridized carbons (Fsp3) is 0.613. The highest BCUT2D eigenvalue weighted by atomic mass is 32.2. The van der Waals surface area contributed by atoms with E-state index in [1.807, 2.05) is 11.6 Å². The van der Waals surface area contributed by atoms with Crippen LogP contribution in [0.25, 0.3) is 11.0 Å². The van der Waals surface area contributed by atoms with Crippen LogP contribution in [0.1, 0.15) is 79.9 Å². The Morgan fingerprint density at radius 2 is 1.93 bits per heavy atom. The van der Waals surface area contributed by atoms with E-state index in [9.17, 15) is 18.4 Å². The summed E-state index contributed by atoms with van der Waals surface area (Å²) in [5.41, 5.74) is 2.72. The van der Waals surface area contributed by atoms with Crippen molar-refractivity contribution in [1.29, 1.82) is 5.26 Å². The molecule has 2 aromatic heterocycles. The minimum Gasteiger partial charge on any atom is -0.469 e. The van der Waals surface area contributed by atoms with Crippen LogP contribution in [-0.4, -0.2) is 71.4 Å². The van der Waals surface area contributed by atoms with E-state index < -0.39 is 5.92 Å². The molecule has 2 aromatic rings. The van der Waals surface area contributed by atoms with Crippen molar-refractivity contribution in [2.24, 2.45) is 13.0 Å². The Bertz CT molecular complexity index is 1230. The predicted octanol–water partition coefficient (Wildman–Crippen LogP) is 6.03. The second-order valence-electron chi connectivity index (χ2n) is 10.4. The fourth-order valence-corrected chi connectivity index (χ4v) is 5.57. The molecule has 2 fully saturated rings. The molecule has 7 nitrogen and oxygen atoms in total. The van der Waals surface area contributed by atoms with Crippen LogP contribution in [-0.2, 0) is 23.0 Å². The number of unbranched alkanes of at least 4 members (excludes halogenated alkanes) is 4. The Hall–Kier alpha value is -2.95. The molecule has 224 valence electrons. The van der Waals surface area contributed by atoms with Crippen molar-refractivity contribution < 1.29 is 23.1 Å². The van der Waals surface area contributed by atoms with Crippen LogP contribution < -0.4 is 0 Å². The quantitative estimate of drug-likeness (QED) is 0.169. The first-order valence-corrected chi connectivity index (χ1v) is 15.3. The van der Waals surface area contributed by atoms with Crippen molar-refractivity contribution in [3.63, 3.8) is 0 Å². The number of nitriles is 1. The van der Waals surface area contributed by atoms with Crippen molar-refractivity contribution in [2.75, 3.05) is 38.8 Å². The Kier molecular flexibility index (Phi) is 14.8. The summed E-state index contributed by atoms with van der Waals surface area (Å²) in [5, 5.41) is 9.77. The number of esters is 1. The number of aromatic nitrogens is 2. The molecule has 0 aromatic carbocycles. The van der Waals surface area contributed by atoms with Gasteiger partial charge in [-0.2, -0.15) is 17.0 Å². The van der Waals surface area contributed by atoms with Crippen LogP contribution in [0.3, 0.4) is 0 Å². The van der Waals surface area contributed by atoms with E-state index in [1.54, 1.807) is 6.07 Å². The van der Waals surface area contributed by atoms with Crippen LogP contribution in [0.4, 0.5) is 8.78 Å². The molecule has 4 rings (SSSR count). The molecule has 1 aliphatic carbocycles. The van der Waals surface area contributed by atoms with E-state index in [-0.39, 0.29) is 24.7 Å². The molecule has 0 spiro atoms. The van der Waals surface area contributed by atoms with Gasteiger partial charge in [0.25, 0.3) is 5.92 Å². The maximum atomic E-state index is 12.7. The number of hydrogen-bond acceptors (Lipinski definition) is 7. The number of aryl methyl sites for hydroxylation is 1. The zero-order chi connectivity index (χ0) is 30.3. The number of carbonyl (C=O) groups is 2. The lowest BCUT2D eigenvalue weighted by molar-refractivity contribution is -0.137. The number of ether oxygens (including phenoxy) is 1. The van der Waals surface area contributed by atoms with Crippen molar-refractivity contribution >= 4 is 35.1 Å². The van der Waals surface area contributed by atoms with E-state index >= 15 is 0 Å². The number of nitrogens with zero attached hydrogens (tertiary/aromatic N) is 4. The third-order valence-electron chi connectivity index (χ3n) is 7.03. The Labute approximate surface area is 247 Å². The number of rotatable bonds is 7. The van der Waals surface area contributed by atoms with Gasteiger partial charge in [0.2, 0.25) is 0 Å². The minimum absolute atomic E-state index is 0.0885. The summed E-state index contributed by atoms with van der Waals surface area (Å²) in [4.78, 5) is 27.9. The number of pyridine rings is 1. The molecule has 0 N–H and O–H groups in total. The Morgan fingerprint density at radius 3 is 2.56 bits per heavy atom. The molecule has 10 heteroatoms. The molecule has 1 aliphatic heterocycles. The first-order chi connectivity index (χ1) is 19.6. The van der Waals surface area contributed by atoms with Crippen LogP contribution in [0.2, 0.25) is 0 Å². The van der Waals surface area contributed by atoms with Gasteiger partial charge >= 0.3 is 5.97 Å². The molecule has 0 radical (unpaired) electrons. The number of hydrogen-bond donors (Lipinski definition) is 0. The summed E-state index contributed by atoms with van der Waals surface area (Å²) in [6.07, 6.45) is 9.02. The molecule has 0 amide bonds. The predicted molar refractivity (Wildman–Crippen MR) is 160 cm³/mol. The van der Waals surface area contributed by atoms with Crippen LogP contribution >= 0.6 is 11.8 Å². The van der Waals surface area contributed by atoms with Crippen molar-refractivity contribution in [1.82, 2.24) is 14.5 Å². The van der Waals surface area contributed by atoms with Gasteiger partial charge in [-0.05, 0) is 51.1 Å². The molecule has 3 heterocycles. The number of fused-ring (bicyclic) bond motifs is 1. The summed E-state index contributed by atoms with van der Waals surface area (Å²) in [7, 11) is 5.44. The molecule has 0 bridgehead atoms. The molecular weight excluding hydrogens is 546 g/mol. The van der Waals surface area contributed by atoms with Crippen molar-refractivity contribution in [3.05, 3.63) is 29.1 Å². The molecule has 2 aliphatic rings. The molecule has 41 heavy (non-hydrogen) atoms. The topological polar surface area (TPSA) is 88.2 Å². The van der Waals surface area contributed by atoms with Gasteiger partial charge in [-0.15, -0.1) is 5.92 Å². The summed E-state index contributed by atoms with van der Waals surface area (Å²) in [6, 6.07) is 3.77. The van der Waals surface area contributed by atoms with Crippen molar-refractivity contribution in [2.45, 2.75) is 70.6 Å². The van der Waals surface area contributed by atoms with E-state index in [0.29, 0.717) is 16.8 Å². The van der Waals surface area contributed by atoms with E-state index in [2.05, 4.69) is 51.3 Å². The fourth-order valence-electron chi connectivity index (χ4n) is 4.59. The summed E-state index contributed by atoms with van der Waals surface area (Å²) in [5.74, 6) is 5.79. The first-order valence-electron chi connectivity index (χ1n) is 14.1. The molecule has 1 saturated heterocycles. The lowest BCUT2D eigenvalue weighted by Crippen LogP contribution is -2.34. The standard InChI is InChI=1S/C22H23F2N3O.C6H13NS.C3H6O2/c1-27-20(19(15-28)18-10-17(13-25)14-26-21(18)27)9-7-5-3-2-4-6-8-16-11-22(23,24)12-16;1-7-3-2-5-8-6-4-7;1-3(4)5-2/h10,14-16H,2-5,7,9,11-12H2,1H3;2-6H2,1H3;1-2H3. The maximum Gasteiger partial charge on any atom is 0.302 e. The number of thioether (sulfide) groups is 1.